The van der Waals surface area contributed by atoms with Gasteiger partial charge in [-0.05, 0) is 34.7 Å². The largest absolute Gasteiger partial charge is 0.299 e. The Bertz CT molecular complexity index is 461. The lowest BCUT2D eigenvalue weighted by molar-refractivity contribution is -0.118. The summed E-state index contributed by atoms with van der Waals surface area (Å²) in [6.07, 6.45) is 9.94. The molecule has 1 saturated carbocycles. The van der Waals surface area contributed by atoms with E-state index in [4.69, 9.17) is 0 Å². The second kappa shape index (κ2) is 7.39. The third kappa shape index (κ3) is 3.94. The number of nitrogens with zero attached hydrogens (tertiary/aromatic N) is 2. The van der Waals surface area contributed by atoms with E-state index >= 15 is 0 Å². The Labute approximate surface area is 130 Å². The summed E-state index contributed by atoms with van der Waals surface area (Å²) in [5.74, 6) is 1.14. The molecule has 1 heterocycles. The summed E-state index contributed by atoms with van der Waals surface area (Å²) in [6.45, 7) is 2.09. The molecule has 0 radical (unpaired) electrons. The summed E-state index contributed by atoms with van der Waals surface area (Å²) in [7, 11) is 1.92. The van der Waals surface area contributed by atoms with Crippen LogP contribution in [0.25, 0.3) is 0 Å². The van der Waals surface area contributed by atoms with Gasteiger partial charge in [0.15, 0.2) is 0 Å². The first-order valence-electron chi connectivity index (χ1n) is 7.83. The van der Waals surface area contributed by atoms with Gasteiger partial charge >= 0.3 is 0 Å². The van der Waals surface area contributed by atoms with Crippen molar-refractivity contribution in [1.82, 2.24) is 9.78 Å². The first kappa shape index (κ1) is 15.7. The van der Waals surface area contributed by atoms with Gasteiger partial charge in [-0.3, -0.25) is 9.48 Å². The number of Topliss-reactive ketones (excluding diaryl/α,β-unsaturated/α-hetero) is 1. The van der Waals surface area contributed by atoms with Crippen LogP contribution in [-0.2, 0) is 24.7 Å². The van der Waals surface area contributed by atoms with Gasteiger partial charge in [0, 0.05) is 19.9 Å². The number of halogens is 1. The SMILES string of the molecule is CCc1nn(C)c(CC(=O)CCC2CCCCC2)c1Br. The minimum Gasteiger partial charge on any atom is -0.299 e. The summed E-state index contributed by atoms with van der Waals surface area (Å²) in [6, 6.07) is 0. The molecule has 1 aromatic rings. The van der Waals surface area contributed by atoms with Crippen LogP contribution < -0.4 is 0 Å². The first-order chi connectivity index (χ1) is 9.61. The highest BCUT2D eigenvalue weighted by Crippen LogP contribution is 2.28. The van der Waals surface area contributed by atoms with E-state index < -0.39 is 0 Å². The Morgan fingerprint density at radius 3 is 2.65 bits per heavy atom. The lowest BCUT2D eigenvalue weighted by Gasteiger charge is -2.20. The fraction of sp³-hybridized carbons (Fsp3) is 0.750. The molecule has 3 nitrogen and oxygen atoms in total. The minimum atomic E-state index is 0.349. The molecule has 0 amide bonds. The number of rotatable bonds is 6. The third-order valence-corrected chi connectivity index (χ3v) is 5.34. The van der Waals surface area contributed by atoms with E-state index in [2.05, 4.69) is 28.0 Å². The van der Waals surface area contributed by atoms with Gasteiger partial charge in [-0.25, -0.2) is 0 Å². The van der Waals surface area contributed by atoms with Gasteiger partial charge < -0.3 is 0 Å². The standard InChI is InChI=1S/C16H25BrN2O/c1-3-14-16(17)15(19(2)18-14)11-13(20)10-9-12-7-5-4-6-8-12/h12H,3-11H2,1-2H3. The molecule has 0 N–H and O–H groups in total. The number of carbonyl (C=O) groups is 1. The number of aromatic nitrogens is 2. The summed E-state index contributed by atoms with van der Waals surface area (Å²) < 4.78 is 2.87. The molecular formula is C16H25BrN2O. The summed E-state index contributed by atoms with van der Waals surface area (Å²) in [5, 5.41) is 4.45. The molecule has 0 aromatic carbocycles. The lowest BCUT2D eigenvalue weighted by atomic mass is 9.85. The van der Waals surface area contributed by atoms with Gasteiger partial charge in [-0.15, -0.1) is 0 Å². The number of hydrogen-bond donors (Lipinski definition) is 0. The van der Waals surface area contributed by atoms with E-state index in [9.17, 15) is 4.79 Å². The second-order valence-electron chi connectivity index (χ2n) is 5.94. The van der Waals surface area contributed by atoms with Gasteiger partial charge in [0.25, 0.3) is 0 Å². The van der Waals surface area contributed by atoms with Crippen LogP contribution in [0.3, 0.4) is 0 Å². The van der Waals surface area contributed by atoms with Crippen molar-refractivity contribution >= 4 is 21.7 Å². The third-order valence-electron chi connectivity index (χ3n) is 4.42. The van der Waals surface area contributed by atoms with Gasteiger partial charge in [0.1, 0.15) is 5.78 Å². The maximum Gasteiger partial charge on any atom is 0.138 e. The number of ketones is 1. The van der Waals surface area contributed by atoms with E-state index in [-0.39, 0.29) is 0 Å². The molecule has 0 saturated heterocycles. The Hall–Kier alpha value is -0.640. The topological polar surface area (TPSA) is 34.9 Å². The molecule has 20 heavy (non-hydrogen) atoms. The van der Waals surface area contributed by atoms with Crippen molar-refractivity contribution in [2.75, 3.05) is 0 Å². The van der Waals surface area contributed by atoms with Crippen LogP contribution in [0, 0.1) is 5.92 Å². The van der Waals surface area contributed by atoms with Crippen LogP contribution in [0.15, 0.2) is 4.47 Å². The predicted octanol–water partition coefficient (Wildman–Crippen LogP) is 4.22. The van der Waals surface area contributed by atoms with E-state index in [1.165, 1.54) is 32.1 Å². The van der Waals surface area contributed by atoms with Crippen LogP contribution >= 0.6 is 15.9 Å². The number of aryl methyl sites for hydroxylation is 2. The molecule has 0 aliphatic heterocycles. The average Bonchev–Trinajstić information content (AvgIpc) is 2.73. The molecule has 4 heteroatoms. The van der Waals surface area contributed by atoms with Crippen LogP contribution in [0.2, 0.25) is 0 Å². The van der Waals surface area contributed by atoms with Crippen molar-refractivity contribution in [2.24, 2.45) is 13.0 Å². The van der Waals surface area contributed by atoms with E-state index in [1.807, 2.05) is 11.7 Å². The Morgan fingerprint density at radius 1 is 1.35 bits per heavy atom. The minimum absolute atomic E-state index is 0.349. The van der Waals surface area contributed by atoms with Gasteiger partial charge in [-0.1, -0.05) is 39.0 Å². The molecule has 1 fully saturated rings. The van der Waals surface area contributed by atoms with E-state index in [0.29, 0.717) is 12.2 Å². The van der Waals surface area contributed by atoms with Crippen LogP contribution in [-0.4, -0.2) is 15.6 Å². The van der Waals surface area contributed by atoms with Crippen molar-refractivity contribution in [3.63, 3.8) is 0 Å². The molecule has 1 aliphatic rings. The van der Waals surface area contributed by atoms with Crippen molar-refractivity contribution in [3.05, 3.63) is 15.9 Å². The molecule has 1 aliphatic carbocycles. The van der Waals surface area contributed by atoms with Gasteiger partial charge in [-0.2, -0.15) is 5.10 Å². The van der Waals surface area contributed by atoms with Gasteiger partial charge in [0.05, 0.1) is 15.9 Å². The maximum atomic E-state index is 12.2. The fourth-order valence-corrected chi connectivity index (χ4v) is 3.88. The number of hydrogen-bond acceptors (Lipinski definition) is 2. The molecule has 2 rings (SSSR count). The highest BCUT2D eigenvalue weighted by Gasteiger charge is 2.18. The van der Waals surface area contributed by atoms with Gasteiger partial charge in [0.2, 0.25) is 0 Å². The van der Waals surface area contributed by atoms with Crippen molar-refractivity contribution in [2.45, 2.75) is 64.7 Å². The molecule has 0 spiro atoms. The van der Waals surface area contributed by atoms with Crippen LogP contribution in [0.4, 0.5) is 0 Å². The molecule has 0 atom stereocenters. The molecule has 0 bridgehead atoms. The Morgan fingerprint density at radius 2 is 2.05 bits per heavy atom. The smallest absolute Gasteiger partial charge is 0.138 e. The zero-order valence-electron chi connectivity index (χ0n) is 12.6. The highest BCUT2D eigenvalue weighted by atomic mass is 79.9. The van der Waals surface area contributed by atoms with Crippen LogP contribution in [0.1, 0.15) is 63.3 Å². The van der Waals surface area contributed by atoms with Crippen molar-refractivity contribution in [1.29, 1.82) is 0 Å². The molecule has 0 unspecified atom stereocenters. The fourth-order valence-electron chi connectivity index (χ4n) is 3.13. The molecule has 1 aromatic heterocycles. The quantitative estimate of drug-likeness (QED) is 0.777. The monoisotopic (exact) mass is 340 g/mol. The Kier molecular flexibility index (Phi) is 5.82. The lowest BCUT2D eigenvalue weighted by Crippen LogP contribution is -2.12. The normalized spacial score (nSPS) is 16.6. The zero-order valence-corrected chi connectivity index (χ0v) is 14.2. The first-order valence-corrected chi connectivity index (χ1v) is 8.63. The van der Waals surface area contributed by atoms with E-state index in [0.717, 1.165) is 41.0 Å². The predicted molar refractivity (Wildman–Crippen MR) is 84.8 cm³/mol. The zero-order chi connectivity index (χ0) is 14.5. The second-order valence-corrected chi connectivity index (χ2v) is 6.74. The summed E-state index contributed by atoms with van der Waals surface area (Å²) >= 11 is 3.58. The summed E-state index contributed by atoms with van der Waals surface area (Å²) in [5.41, 5.74) is 2.07. The van der Waals surface area contributed by atoms with Crippen molar-refractivity contribution < 1.29 is 4.79 Å². The Balaban J connectivity index is 1.86. The van der Waals surface area contributed by atoms with E-state index in [1.54, 1.807) is 0 Å². The highest BCUT2D eigenvalue weighted by molar-refractivity contribution is 9.10. The molecular weight excluding hydrogens is 316 g/mol. The number of carbonyl (C=O) groups excluding carboxylic acids is 1. The summed E-state index contributed by atoms with van der Waals surface area (Å²) in [4.78, 5) is 12.2. The van der Waals surface area contributed by atoms with Crippen LogP contribution in [0.5, 0.6) is 0 Å². The maximum absolute atomic E-state index is 12.2. The van der Waals surface area contributed by atoms with Crippen molar-refractivity contribution in [3.8, 4) is 0 Å². The molecule has 112 valence electrons. The average molecular weight is 341 g/mol.